The van der Waals surface area contributed by atoms with Crippen LogP contribution in [0, 0.1) is 22.7 Å². The van der Waals surface area contributed by atoms with Gasteiger partial charge in [0, 0.05) is 12.5 Å². The highest BCUT2D eigenvalue weighted by atomic mass is 16.4. The molecule has 2 rings (SSSR count). The van der Waals surface area contributed by atoms with Crippen LogP contribution >= 0.6 is 0 Å². The molecular weight excluding hydrogens is 324 g/mol. The molecule has 4 atom stereocenters. The van der Waals surface area contributed by atoms with Gasteiger partial charge in [0.2, 0.25) is 5.91 Å². The Morgan fingerprint density at radius 2 is 1.68 bits per heavy atom. The average molecular weight is 354 g/mol. The maximum atomic E-state index is 13.1. The number of carbonyl (C=O) groups excluding carboxylic acids is 2. The first-order valence-electron chi connectivity index (χ1n) is 8.66. The van der Waals surface area contributed by atoms with Crippen molar-refractivity contribution in [2.24, 2.45) is 22.7 Å². The third-order valence-electron chi connectivity index (χ3n) is 5.69. The summed E-state index contributed by atoms with van der Waals surface area (Å²) in [7, 11) is 0. The van der Waals surface area contributed by atoms with Crippen molar-refractivity contribution < 1.29 is 24.6 Å². The smallest absolute Gasteiger partial charge is 0.326 e. The summed E-state index contributed by atoms with van der Waals surface area (Å²) in [5, 5.41) is 22.1. The molecule has 142 valence electrons. The fraction of sp³-hybridized carbons (Fsp3) is 0.833. The summed E-state index contributed by atoms with van der Waals surface area (Å²) in [4.78, 5) is 38.5. The van der Waals surface area contributed by atoms with E-state index < -0.39 is 40.9 Å². The molecule has 0 bridgehead atoms. The molecule has 1 aliphatic heterocycles. The van der Waals surface area contributed by atoms with Crippen LogP contribution in [0.2, 0.25) is 0 Å². The number of piperidine rings is 1. The molecule has 7 nitrogen and oxygen atoms in total. The van der Waals surface area contributed by atoms with E-state index in [-0.39, 0.29) is 17.3 Å². The number of hydrogen-bond donors (Lipinski definition) is 3. The Kier molecular flexibility index (Phi) is 4.48. The van der Waals surface area contributed by atoms with E-state index in [1.165, 1.54) is 18.7 Å². The molecule has 7 heteroatoms. The second-order valence-corrected chi connectivity index (χ2v) is 9.56. The molecule has 2 fully saturated rings. The van der Waals surface area contributed by atoms with E-state index in [0.717, 1.165) is 0 Å². The summed E-state index contributed by atoms with van der Waals surface area (Å²) < 4.78 is 0. The summed E-state index contributed by atoms with van der Waals surface area (Å²) in [5.41, 5.74) is -2.32. The zero-order valence-corrected chi connectivity index (χ0v) is 16.1. The van der Waals surface area contributed by atoms with Gasteiger partial charge in [0.05, 0.1) is 0 Å². The molecule has 0 radical (unpaired) electrons. The summed E-state index contributed by atoms with van der Waals surface area (Å²) in [6.07, 6.45) is 0. The first-order valence-corrected chi connectivity index (χ1v) is 8.66. The Labute approximate surface area is 148 Å². The second-order valence-electron chi connectivity index (χ2n) is 9.56. The molecular formula is C18H30N2O5. The number of aliphatic carboxylic acids is 1. The minimum Gasteiger partial charge on any atom is -0.480 e. The predicted octanol–water partition coefficient (Wildman–Crippen LogP) is 0.856. The number of hydrogen-bond acceptors (Lipinski definition) is 4. The van der Waals surface area contributed by atoms with Gasteiger partial charge >= 0.3 is 5.97 Å². The van der Waals surface area contributed by atoms with E-state index in [1.807, 2.05) is 13.8 Å². The number of likely N-dealkylation sites (tertiary alicyclic amines) is 1. The molecule has 1 aliphatic carbocycles. The molecule has 2 aliphatic rings. The SMILES string of the molecule is CC(C)(O)C(=O)NC(C(=O)N1C[C@H]2[C@@H]([C@H]1C(=O)O)C2(C)C)C(C)(C)C. The third kappa shape index (κ3) is 3.38. The number of fused-ring (bicyclic) bond motifs is 1. The van der Waals surface area contributed by atoms with Crippen molar-refractivity contribution in [3.8, 4) is 0 Å². The zero-order valence-electron chi connectivity index (χ0n) is 16.1. The maximum absolute atomic E-state index is 13.1. The standard InChI is InChI=1S/C18H30N2O5/c1-16(2,3)12(19-15(24)18(6,7)25)13(21)20-8-9-10(17(9,4)5)11(20)14(22)23/h9-12,25H,8H2,1-7H3,(H,19,24)(H,22,23)/t9-,10-,11-,12?/m0/s1. The zero-order chi connectivity index (χ0) is 19.5. The summed E-state index contributed by atoms with van der Waals surface area (Å²) in [5.74, 6) is -1.95. The molecule has 2 amide bonds. The molecule has 0 aromatic rings. The van der Waals surface area contributed by atoms with Gasteiger partial charge in [-0.25, -0.2) is 4.79 Å². The van der Waals surface area contributed by atoms with Gasteiger partial charge < -0.3 is 20.4 Å². The van der Waals surface area contributed by atoms with Gasteiger partial charge in [-0.3, -0.25) is 9.59 Å². The van der Waals surface area contributed by atoms with Gasteiger partial charge in [0.15, 0.2) is 0 Å². The van der Waals surface area contributed by atoms with Gasteiger partial charge in [0.25, 0.3) is 5.91 Å². The molecule has 0 aromatic heterocycles. The first kappa shape index (κ1) is 19.7. The lowest BCUT2D eigenvalue weighted by molar-refractivity contribution is -0.154. The van der Waals surface area contributed by atoms with Crippen molar-refractivity contribution >= 4 is 17.8 Å². The minimum absolute atomic E-state index is 0.0560. The monoisotopic (exact) mass is 354 g/mol. The molecule has 0 spiro atoms. The van der Waals surface area contributed by atoms with Crippen LogP contribution in [0.25, 0.3) is 0 Å². The van der Waals surface area contributed by atoms with Crippen LogP contribution < -0.4 is 5.32 Å². The molecule has 1 heterocycles. The molecule has 1 unspecified atom stereocenters. The van der Waals surface area contributed by atoms with Crippen molar-refractivity contribution in [1.82, 2.24) is 10.2 Å². The van der Waals surface area contributed by atoms with Crippen LogP contribution in [0.1, 0.15) is 48.5 Å². The van der Waals surface area contributed by atoms with Crippen LogP contribution in [0.3, 0.4) is 0 Å². The number of rotatable bonds is 4. The van der Waals surface area contributed by atoms with E-state index in [4.69, 9.17) is 0 Å². The number of nitrogens with zero attached hydrogens (tertiary/aromatic N) is 1. The lowest BCUT2D eigenvalue weighted by atomic mass is 9.84. The maximum Gasteiger partial charge on any atom is 0.326 e. The van der Waals surface area contributed by atoms with E-state index in [1.54, 1.807) is 20.8 Å². The van der Waals surface area contributed by atoms with E-state index >= 15 is 0 Å². The normalized spacial score (nSPS) is 29.0. The highest BCUT2D eigenvalue weighted by Crippen LogP contribution is 2.65. The van der Waals surface area contributed by atoms with Gasteiger partial charge in [0.1, 0.15) is 17.7 Å². The fourth-order valence-electron chi connectivity index (χ4n) is 3.92. The summed E-state index contributed by atoms with van der Waals surface area (Å²) >= 11 is 0. The fourth-order valence-corrected chi connectivity index (χ4v) is 3.92. The van der Waals surface area contributed by atoms with Gasteiger partial charge in [-0.05, 0) is 30.6 Å². The van der Waals surface area contributed by atoms with Crippen LogP contribution in [-0.2, 0) is 14.4 Å². The number of aliphatic hydroxyl groups is 1. The minimum atomic E-state index is -1.62. The quantitative estimate of drug-likeness (QED) is 0.694. The van der Waals surface area contributed by atoms with Gasteiger partial charge in [-0.2, -0.15) is 0 Å². The largest absolute Gasteiger partial charge is 0.480 e. The Morgan fingerprint density at radius 3 is 2.08 bits per heavy atom. The molecule has 1 saturated carbocycles. The van der Waals surface area contributed by atoms with Crippen LogP contribution in [0.4, 0.5) is 0 Å². The first-order chi connectivity index (χ1) is 11.1. The molecule has 1 saturated heterocycles. The highest BCUT2D eigenvalue weighted by Gasteiger charge is 2.70. The topological polar surface area (TPSA) is 107 Å². The van der Waals surface area contributed by atoms with E-state index in [9.17, 15) is 24.6 Å². The second kappa shape index (κ2) is 5.69. The number of carbonyl (C=O) groups is 3. The molecule has 3 N–H and O–H groups in total. The third-order valence-corrected chi connectivity index (χ3v) is 5.69. The van der Waals surface area contributed by atoms with Gasteiger partial charge in [-0.1, -0.05) is 34.6 Å². The van der Waals surface area contributed by atoms with Crippen molar-refractivity contribution in [1.29, 1.82) is 0 Å². The van der Waals surface area contributed by atoms with Crippen molar-refractivity contribution in [2.45, 2.75) is 66.2 Å². The van der Waals surface area contributed by atoms with Gasteiger partial charge in [-0.15, -0.1) is 0 Å². The Hall–Kier alpha value is -1.63. The Balaban J connectivity index is 2.26. The predicted molar refractivity (Wildman–Crippen MR) is 91.6 cm³/mol. The lowest BCUT2D eigenvalue weighted by Gasteiger charge is -2.37. The lowest BCUT2D eigenvalue weighted by Crippen LogP contribution is -2.60. The van der Waals surface area contributed by atoms with Crippen molar-refractivity contribution in [3.05, 3.63) is 0 Å². The number of nitrogens with one attached hydrogen (secondary N) is 1. The summed E-state index contributed by atoms with van der Waals surface area (Å²) in [6.45, 7) is 12.5. The number of carboxylic acid groups (broad SMARTS) is 1. The molecule has 25 heavy (non-hydrogen) atoms. The van der Waals surface area contributed by atoms with E-state index in [2.05, 4.69) is 5.32 Å². The van der Waals surface area contributed by atoms with Crippen LogP contribution in [0.15, 0.2) is 0 Å². The van der Waals surface area contributed by atoms with Crippen molar-refractivity contribution in [2.75, 3.05) is 6.54 Å². The number of carboxylic acids is 1. The average Bonchev–Trinajstić information content (AvgIpc) is 2.82. The van der Waals surface area contributed by atoms with Crippen LogP contribution in [0.5, 0.6) is 0 Å². The highest BCUT2D eigenvalue weighted by molar-refractivity contribution is 5.93. The van der Waals surface area contributed by atoms with Crippen LogP contribution in [-0.4, -0.2) is 57.1 Å². The van der Waals surface area contributed by atoms with E-state index in [0.29, 0.717) is 6.54 Å². The number of amides is 2. The van der Waals surface area contributed by atoms with Crippen molar-refractivity contribution in [3.63, 3.8) is 0 Å². The Morgan fingerprint density at radius 1 is 1.16 bits per heavy atom. The summed E-state index contributed by atoms with van der Waals surface area (Å²) in [6, 6.07) is -1.77. The molecule has 0 aromatic carbocycles. The Bertz CT molecular complexity index is 600.